The molecule has 2 rings (SSSR count). The Kier molecular flexibility index (Phi) is 4.30. The largest absolute Gasteiger partial charge is 0.292 e. The Balaban J connectivity index is 2.46. The zero-order valence-corrected chi connectivity index (χ0v) is 11.7. The van der Waals surface area contributed by atoms with Crippen LogP contribution < -0.4 is 0 Å². The number of benzene rings is 2. The topological polar surface area (TPSA) is 88.5 Å². The summed E-state index contributed by atoms with van der Waals surface area (Å²) in [6.45, 7) is 0. The van der Waals surface area contributed by atoms with Crippen LogP contribution in [0.5, 0.6) is 0 Å². The molecule has 0 atom stereocenters. The van der Waals surface area contributed by atoms with Crippen LogP contribution >= 0.6 is 0 Å². The van der Waals surface area contributed by atoms with Crippen molar-refractivity contribution in [2.75, 3.05) is 0 Å². The van der Waals surface area contributed by atoms with Gasteiger partial charge in [0.25, 0.3) is 10.1 Å². The highest BCUT2D eigenvalue weighted by Gasteiger charge is 2.38. The maximum atomic E-state index is 12.2. The maximum Gasteiger partial charge on any atom is 0.283 e. The summed E-state index contributed by atoms with van der Waals surface area (Å²) in [4.78, 5) is 24.5. The predicted octanol–water partition coefficient (Wildman–Crippen LogP) is 2.01. The van der Waals surface area contributed by atoms with Gasteiger partial charge in [-0.05, 0) is 0 Å². The normalized spacial score (nSPS) is 11.3. The molecule has 0 aromatic heterocycles. The van der Waals surface area contributed by atoms with Gasteiger partial charge in [-0.1, -0.05) is 60.7 Å². The van der Waals surface area contributed by atoms with E-state index in [1.807, 2.05) is 0 Å². The minimum atomic E-state index is -4.86. The monoisotopic (exact) mass is 304 g/mol. The second kappa shape index (κ2) is 5.99. The zero-order valence-electron chi connectivity index (χ0n) is 10.8. The number of rotatable bonds is 5. The van der Waals surface area contributed by atoms with Crippen LogP contribution in [0.25, 0.3) is 0 Å². The lowest BCUT2D eigenvalue weighted by Crippen LogP contribution is -2.37. The zero-order chi connectivity index (χ0) is 15.5. The minimum absolute atomic E-state index is 0.0457. The number of carbonyl (C=O) groups is 2. The van der Waals surface area contributed by atoms with Crippen molar-refractivity contribution in [1.29, 1.82) is 0 Å². The molecule has 0 saturated carbocycles. The lowest BCUT2D eigenvalue weighted by Gasteiger charge is -2.12. The highest BCUT2D eigenvalue weighted by atomic mass is 32.2. The van der Waals surface area contributed by atoms with Crippen LogP contribution in [-0.4, -0.2) is 29.8 Å². The number of ketones is 2. The molecule has 0 saturated heterocycles. The van der Waals surface area contributed by atoms with Crippen molar-refractivity contribution in [2.45, 2.75) is 5.25 Å². The first kappa shape index (κ1) is 15.1. The molecule has 2 aromatic rings. The third-order valence-corrected chi connectivity index (χ3v) is 3.91. The first-order valence-corrected chi connectivity index (χ1v) is 7.56. The van der Waals surface area contributed by atoms with Gasteiger partial charge in [0, 0.05) is 11.1 Å². The minimum Gasteiger partial charge on any atom is -0.292 e. The van der Waals surface area contributed by atoms with Crippen molar-refractivity contribution in [3.63, 3.8) is 0 Å². The van der Waals surface area contributed by atoms with E-state index in [1.54, 1.807) is 36.4 Å². The molecule has 1 N–H and O–H groups in total. The van der Waals surface area contributed by atoms with Crippen molar-refractivity contribution in [1.82, 2.24) is 0 Å². The summed E-state index contributed by atoms with van der Waals surface area (Å²) in [6, 6.07) is 15.0. The fourth-order valence-electron chi connectivity index (χ4n) is 1.90. The summed E-state index contributed by atoms with van der Waals surface area (Å²) in [5.74, 6) is -1.90. The first-order chi connectivity index (χ1) is 9.91. The third kappa shape index (κ3) is 3.42. The van der Waals surface area contributed by atoms with Crippen LogP contribution in [0.3, 0.4) is 0 Å². The predicted molar refractivity (Wildman–Crippen MR) is 76.9 cm³/mol. The standard InChI is InChI=1S/C15H12O5S/c16-13(11-7-3-1-4-8-11)15(21(18,19)20)14(17)12-9-5-2-6-10-12/h1-10,15H,(H,18,19,20). The molecular formula is C15H12O5S. The molecule has 0 bridgehead atoms. The van der Waals surface area contributed by atoms with Gasteiger partial charge < -0.3 is 0 Å². The summed E-state index contributed by atoms with van der Waals surface area (Å²) in [5, 5.41) is -2.15. The Morgan fingerprint density at radius 3 is 1.38 bits per heavy atom. The van der Waals surface area contributed by atoms with Gasteiger partial charge in [-0.15, -0.1) is 0 Å². The molecule has 2 aromatic carbocycles. The number of hydrogen-bond donors (Lipinski definition) is 1. The van der Waals surface area contributed by atoms with E-state index in [0.717, 1.165) is 0 Å². The molecular weight excluding hydrogens is 292 g/mol. The Morgan fingerprint density at radius 2 is 1.10 bits per heavy atom. The van der Waals surface area contributed by atoms with E-state index < -0.39 is 26.9 Å². The average molecular weight is 304 g/mol. The van der Waals surface area contributed by atoms with Crippen LogP contribution in [0.4, 0.5) is 0 Å². The summed E-state index contributed by atoms with van der Waals surface area (Å²) < 4.78 is 32.2. The molecule has 108 valence electrons. The second-order valence-corrected chi connectivity index (χ2v) is 5.86. The third-order valence-electron chi connectivity index (χ3n) is 2.89. The van der Waals surface area contributed by atoms with E-state index in [2.05, 4.69) is 0 Å². The molecule has 0 fully saturated rings. The molecule has 0 aliphatic carbocycles. The summed E-state index contributed by atoms with van der Waals surface area (Å²) in [6.07, 6.45) is 0. The van der Waals surface area contributed by atoms with Gasteiger partial charge >= 0.3 is 0 Å². The second-order valence-electron chi connectivity index (χ2n) is 4.36. The fourth-order valence-corrected chi connectivity index (χ4v) is 2.71. The van der Waals surface area contributed by atoms with E-state index in [4.69, 9.17) is 0 Å². The Hall–Kier alpha value is -2.31. The average Bonchev–Trinajstić information content (AvgIpc) is 2.47. The van der Waals surface area contributed by atoms with Gasteiger partial charge in [0.2, 0.25) is 5.25 Å². The number of hydrogen-bond acceptors (Lipinski definition) is 4. The van der Waals surface area contributed by atoms with Gasteiger partial charge in [0.15, 0.2) is 11.6 Å². The van der Waals surface area contributed by atoms with E-state index in [0.29, 0.717) is 0 Å². The quantitative estimate of drug-likeness (QED) is 0.518. The molecule has 0 amide bonds. The van der Waals surface area contributed by atoms with E-state index in [-0.39, 0.29) is 11.1 Å². The van der Waals surface area contributed by atoms with Gasteiger partial charge in [-0.3, -0.25) is 14.1 Å². The molecule has 0 radical (unpaired) electrons. The first-order valence-electron chi connectivity index (χ1n) is 6.06. The number of Topliss-reactive ketones (excluding diaryl/α,β-unsaturated/α-hetero) is 2. The van der Waals surface area contributed by atoms with Crippen LogP contribution in [0.15, 0.2) is 60.7 Å². The molecule has 0 spiro atoms. The molecule has 0 aliphatic heterocycles. The van der Waals surface area contributed by atoms with E-state index in [1.165, 1.54) is 24.3 Å². The molecule has 21 heavy (non-hydrogen) atoms. The van der Waals surface area contributed by atoms with Gasteiger partial charge in [-0.25, -0.2) is 0 Å². The number of carbonyl (C=O) groups excluding carboxylic acids is 2. The van der Waals surface area contributed by atoms with Crippen molar-refractivity contribution in [3.8, 4) is 0 Å². The molecule has 0 aliphatic rings. The van der Waals surface area contributed by atoms with Crippen LogP contribution in [0, 0.1) is 0 Å². The van der Waals surface area contributed by atoms with Crippen LogP contribution in [0.2, 0.25) is 0 Å². The molecule has 0 heterocycles. The molecule has 5 nitrogen and oxygen atoms in total. The smallest absolute Gasteiger partial charge is 0.283 e. The lowest BCUT2D eigenvalue weighted by atomic mass is 10.0. The summed E-state index contributed by atoms with van der Waals surface area (Å²) >= 11 is 0. The highest BCUT2D eigenvalue weighted by molar-refractivity contribution is 7.88. The Labute approximate surface area is 122 Å². The van der Waals surface area contributed by atoms with Crippen LogP contribution in [-0.2, 0) is 10.1 Å². The summed E-state index contributed by atoms with van der Waals surface area (Å²) in [7, 11) is -4.86. The summed E-state index contributed by atoms with van der Waals surface area (Å²) in [5.41, 5.74) is 0.0915. The lowest BCUT2D eigenvalue weighted by molar-refractivity contribution is 0.0896. The van der Waals surface area contributed by atoms with Gasteiger partial charge in [0.05, 0.1) is 0 Å². The van der Waals surface area contributed by atoms with Crippen molar-refractivity contribution >= 4 is 21.7 Å². The van der Waals surface area contributed by atoms with Crippen molar-refractivity contribution in [3.05, 3.63) is 71.8 Å². The van der Waals surface area contributed by atoms with E-state index in [9.17, 15) is 22.6 Å². The van der Waals surface area contributed by atoms with Crippen molar-refractivity contribution in [2.24, 2.45) is 0 Å². The Bertz CT molecular complexity index is 700. The van der Waals surface area contributed by atoms with Gasteiger partial charge in [-0.2, -0.15) is 8.42 Å². The fraction of sp³-hybridized carbons (Fsp3) is 0.0667. The van der Waals surface area contributed by atoms with E-state index >= 15 is 0 Å². The van der Waals surface area contributed by atoms with Crippen LogP contribution in [0.1, 0.15) is 20.7 Å². The molecule has 6 heteroatoms. The molecule has 0 unspecified atom stereocenters. The Morgan fingerprint density at radius 1 is 0.762 bits per heavy atom. The van der Waals surface area contributed by atoms with Crippen molar-refractivity contribution < 1.29 is 22.6 Å². The SMILES string of the molecule is O=C(c1ccccc1)C(C(=O)c1ccccc1)S(=O)(=O)O. The van der Waals surface area contributed by atoms with Gasteiger partial charge in [0.1, 0.15) is 0 Å². The maximum absolute atomic E-state index is 12.2. The highest BCUT2D eigenvalue weighted by Crippen LogP contribution is 2.15.